The molecule has 78 valence electrons. The fraction of sp³-hybridized carbons (Fsp3) is 0.909. The Hall–Kier alpha value is -0.370. The third-order valence-electron chi connectivity index (χ3n) is 2.26. The molecule has 0 N–H and O–H groups in total. The van der Waals surface area contributed by atoms with Gasteiger partial charge in [-0.2, -0.15) is 0 Å². The molecule has 0 saturated heterocycles. The molecule has 0 saturated carbocycles. The van der Waals surface area contributed by atoms with Crippen molar-refractivity contribution in [2.75, 3.05) is 13.1 Å². The van der Waals surface area contributed by atoms with Gasteiger partial charge in [0.1, 0.15) is 6.29 Å². The minimum absolute atomic E-state index is 0.635. The minimum Gasteiger partial charge on any atom is -0.303 e. The summed E-state index contributed by atoms with van der Waals surface area (Å²) in [7, 11) is 0. The average molecular weight is 185 g/mol. The van der Waals surface area contributed by atoms with Crippen LogP contribution in [-0.4, -0.2) is 30.3 Å². The van der Waals surface area contributed by atoms with Gasteiger partial charge in [0.05, 0.1) is 0 Å². The fourth-order valence-corrected chi connectivity index (χ4v) is 1.46. The summed E-state index contributed by atoms with van der Waals surface area (Å²) in [6.07, 6.45) is 5.14. The van der Waals surface area contributed by atoms with E-state index < -0.39 is 0 Å². The lowest BCUT2D eigenvalue weighted by Gasteiger charge is -2.25. The molecular weight excluding hydrogens is 162 g/mol. The first-order valence-electron chi connectivity index (χ1n) is 5.40. The van der Waals surface area contributed by atoms with Crippen LogP contribution in [0.4, 0.5) is 0 Å². The molecule has 0 aromatic heterocycles. The molecule has 0 spiro atoms. The highest BCUT2D eigenvalue weighted by Gasteiger charge is 2.06. The number of carbonyl (C=O) groups excluding carboxylic acids is 1. The Bertz CT molecular complexity index is 123. The van der Waals surface area contributed by atoms with Crippen molar-refractivity contribution in [2.24, 2.45) is 0 Å². The van der Waals surface area contributed by atoms with Crippen LogP contribution in [0, 0.1) is 0 Å². The van der Waals surface area contributed by atoms with Crippen molar-refractivity contribution in [3.63, 3.8) is 0 Å². The van der Waals surface area contributed by atoms with E-state index >= 15 is 0 Å². The molecule has 0 rings (SSSR count). The number of unbranched alkanes of at least 4 members (excludes halogenated alkanes) is 2. The number of aldehydes is 1. The molecule has 0 aromatic rings. The van der Waals surface area contributed by atoms with Crippen molar-refractivity contribution in [1.29, 1.82) is 0 Å². The van der Waals surface area contributed by atoms with Gasteiger partial charge in [-0.3, -0.25) is 0 Å². The number of hydrogen-bond acceptors (Lipinski definition) is 2. The first-order valence-corrected chi connectivity index (χ1v) is 5.40. The summed E-state index contributed by atoms with van der Waals surface area (Å²) in [4.78, 5) is 12.6. The van der Waals surface area contributed by atoms with Gasteiger partial charge < -0.3 is 9.69 Å². The zero-order valence-electron chi connectivity index (χ0n) is 9.25. The zero-order chi connectivity index (χ0) is 10.1. The van der Waals surface area contributed by atoms with E-state index in [-0.39, 0.29) is 0 Å². The Labute approximate surface area is 82.3 Å². The first-order chi connectivity index (χ1) is 6.22. The molecule has 0 aromatic carbocycles. The van der Waals surface area contributed by atoms with Crippen LogP contribution < -0.4 is 0 Å². The van der Waals surface area contributed by atoms with Crippen LogP contribution >= 0.6 is 0 Å². The van der Waals surface area contributed by atoms with Crippen molar-refractivity contribution in [1.82, 2.24) is 4.90 Å². The van der Waals surface area contributed by atoms with Gasteiger partial charge in [0.15, 0.2) is 0 Å². The molecule has 0 amide bonds. The standard InChI is InChI=1S/C11H23NO/c1-4-8-12(11(2)3)9-6-5-7-10-13/h10-11H,4-9H2,1-3H3. The van der Waals surface area contributed by atoms with E-state index in [0.29, 0.717) is 6.04 Å². The minimum atomic E-state index is 0.635. The van der Waals surface area contributed by atoms with Gasteiger partial charge >= 0.3 is 0 Å². The quantitative estimate of drug-likeness (QED) is 0.428. The molecule has 0 bridgehead atoms. The maximum atomic E-state index is 10.1. The van der Waals surface area contributed by atoms with E-state index in [0.717, 1.165) is 32.1 Å². The van der Waals surface area contributed by atoms with Crippen LogP contribution in [0.3, 0.4) is 0 Å². The van der Waals surface area contributed by atoms with Gasteiger partial charge in [-0.05, 0) is 46.2 Å². The Kier molecular flexibility index (Phi) is 8.00. The van der Waals surface area contributed by atoms with Gasteiger partial charge in [-0.1, -0.05) is 6.92 Å². The molecule has 13 heavy (non-hydrogen) atoms. The highest BCUT2D eigenvalue weighted by molar-refractivity contribution is 5.48. The lowest BCUT2D eigenvalue weighted by Crippen LogP contribution is -2.32. The van der Waals surface area contributed by atoms with Gasteiger partial charge in [0, 0.05) is 12.5 Å². The van der Waals surface area contributed by atoms with E-state index in [4.69, 9.17) is 0 Å². The molecule has 0 aliphatic heterocycles. The third-order valence-corrected chi connectivity index (χ3v) is 2.26. The van der Waals surface area contributed by atoms with E-state index in [1.807, 2.05) is 0 Å². The van der Waals surface area contributed by atoms with Crippen LogP contribution in [-0.2, 0) is 4.79 Å². The highest BCUT2D eigenvalue weighted by atomic mass is 16.1. The predicted octanol–water partition coefficient (Wildman–Crippen LogP) is 2.48. The lowest BCUT2D eigenvalue weighted by molar-refractivity contribution is -0.107. The summed E-state index contributed by atoms with van der Waals surface area (Å²) in [5, 5.41) is 0. The topological polar surface area (TPSA) is 20.3 Å². The van der Waals surface area contributed by atoms with Crippen LogP contribution in [0.25, 0.3) is 0 Å². The normalized spacial score (nSPS) is 11.2. The first kappa shape index (κ1) is 12.6. The van der Waals surface area contributed by atoms with Gasteiger partial charge in [-0.25, -0.2) is 0 Å². The molecule has 2 heteroatoms. The highest BCUT2D eigenvalue weighted by Crippen LogP contribution is 2.03. The van der Waals surface area contributed by atoms with Crippen LogP contribution in [0.15, 0.2) is 0 Å². The summed E-state index contributed by atoms with van der Waals surface area (Å²) >= 11 is 0. The molecular formula is C11H23NO. The summed E-state index contributed by atoms with van der Waals surface area (Å²) in [6, 6.07) is 0.635. The van der Waals surface area contributed by atoms with E-state index in [1.54, 1.807) is 0 Å². The SMILES string of the molecule is CCCN(CCCCC=O)C(C)C. The van der Waals surface area contributed by atoms with Crippen molar-refractivity contribution < 1.29 is 4.79 Å². The Morgan fingerprint density at radius 1 is 1.23 bits per heavy atom. The van der Waals surface area contributed by atoms with Gasteiger partial charge in [0.2, 0.25) is 0 Å². The Morgan fingerprint density at radius 2 is 1.92 bits per heavy atom. The molecule has 0 radical (unpaired) electrons. The smallest absolute Gasteiger partial charge is 0.119 e. The van der Waals surface area contributed by atoms with Gasteiger partial charge in [-0.15, -0.1) is 0 Å². The maximum absolute atomic E-state index is 10.1. The lowest BCUT2D eigenvalue weighted by atomic mass is 10.2. The van der Waals surface area contributed by atoms with Crippen LogP contribution in [0.1, 0.15) is 46.5 Å². The second-order valence-corrected chi connectivity index (χ2v) is 3.79. The van der Waals surface area contributed by atoms with E-state index in [9.17, 15) is 4.79 Å². The van der Waals surface area contributed by atoms with Crippen molar-refractivity contribution in [3.05, 3.63) is 0 Å². The molecule has 0 aliphatic carbocycles. The van der Waals surface area contributed by atoms with Crippen molar-refractivity contribution >= 4 is 6.29 Å². The number of rotatable bonds is 8. The van der Waals surface area contributed by atoms with Crippen LogP contribution in [0.5, 0.6) is 0 Å². The molecule has 2 nitrogen and oxygen atoms in total. The maximum Gasteiger partial charge on any atom is 0.119 e. The second kappa shape index (κ2) is 8.24. The Balaban J connectivity index is 3.50. The summed E-state index contributed by atoms with van der Waals surface area (Å²) in [5.41, 5.74) is 0. The molecule has 0 aliphatic rings. The summed E-state index contributed by atoms with van der Waals surface area (Å²) in [5.74, 6) is 0. The predicted molar refractivity (Wildman–Crippen MR) is 56.9 cm³/mol. The number of nitrogens with zero attached hydrogens (tertiary/aromatic N) is 1. The van der Waals surface area contributed by atoms with E-state index in [1.165, 1.54) is 13.0 Å². The summed E-state index contributed by atoms with van der Waals surface area (Å²) in [6.45, 7) is 8.99. The monoisotopic (exact) mass is 185 g/mol. The van der Waals surface area contributed by atoms with E-state index in [2.05, 4.69) is 25.7 Å². The number of hydrogen-bond donors (Lipinski definition) is 0. The van der Waals surface area contributed by atoms with Crippen molar-refractivity contribution in [3.8, 4) is 0 Å². The molecule has 0 unspecified atom stereocenters. The Morgan fingerprint density at radius 3 is 2.38 bits per heavy atom. The third kappa shape index (κ3) is 6.76. The average Bonchev–Trinajstić information content (AvgIpc) is 2.10. The van der Waals surface area contributed by atoms with Crippen LogP contribution in [0.2, 0.25) is 0 Å². The number of carbonyl (C=O) groups is 1. The largest absolute Gasteiger partial charge is 0.303 e. The zero-order valence-corrected chi connectivity index (χ0v) is 9.25. The molecule has 0 fully saturated rings. The van der Waals surface area contributed by atoms with Gasteiger partial charge in [0.25, 0.3) is 0 Å². The van der Waals surface area contributed by atoms with Crippen molar-refractivity contribution in [2.45, 2.75) is 52.5 Å². The molecule has 0 atom stereocenters. The molecule has 0 heterocycles. The second-order valence-electron chi connectivity index (χ2n) is 3.79. The summed E-state index contributed by atoms with van der Waals surface area (Å²) < 4.78 is 0. The fourth-order valence-electron chi connectivity index (χ4n) is 1.46.